The highest BCUT2D eigenvalue weighted by molar-refractivity contribution is 8.55. The molecule has 36 heavy (non-hydrogen) atoms. The predicted molar refractivity (Wildman–Crippen MR) is 146 cm³/mol. The second-order valence-electron chi connectivity index (χ2n) is 9.56. The molecule has 2 aliphatic rings. The Bertz CT molecular complexity index is 920. The van der Waals surface area contributed by atoms with Gasteiger partial charge < -0.3 is 24.8 Å². The van der Waals surface area contributed by atoms with Crippen LogP contribution in [0.3, 0.4) is 0 Å². The lowest BCUT2D eigenvalue weighted by Crippen LogP contribution is -2.50. The molecule has 0 saturated carbocycles. The standard InChI is InChI=1S/C23H41N3O7P2S/c1-9-10-11-18(24)25-21(30-8)20-16(3)26(13-34-20)15(2)19-17(29-7)12-32-35(28,33-19)36-14-31-22(27)23(4,5)6/h11,15,17,19,34H,9-10,12-14,24H2,1-8H3/b18-11+,25-21?/t15-,17+,19?,35?/m0/s1. The maximum atomic E-state index is 13.3. The third kappa shape index (κ3) is 8.20. The summed E-state index contributed by atoms with van der Waals surface area (Å²) in [7, 11) is 3.60. The molecule has 0 aromatic heterocycles. The zero-order chi connectivity index (χ0) is 27.1. The second-order valence-corrected chi connectivity index (χ2v) is 14.7. The van der Waals surface area contributed by atoms with Crippen LogP contribution in [0.2, 0.25) is 0 Å². The Morgan fingerprint density at radius 1 is 1.42 bits per heavy atom. The first-order valence-corrected chi connectivity index (χ1v) is 16.3. The molecular formula is C23H41N3O7P2S. The number of ether oxygens (including phenoxy) is 3. The van der Waals surface area contributed by atoms with Gasteiger partial charge in [0.05, 0.1) is 30.5 Å². The van der Waals surface area contributed by atoms with Gasteiger partial charge in [0.15, 0.2) is 0 Å². The third-order valence-electron chi connectivity index (χ3n) is 5.80. The zero-order valence-electron chi connectivity index (χ0n) is 22.5. The molecular weight excluding hydrogens is 524 g/mol. The van der Waals surface area contributed by atoms with Crippen molar-refractivity contribution >= 4 is 38.6 Å². The third-order valence-corrected chi connectivity index (χ3v) is 10.6. The van der Waals surface area contributed by atoms with Crippen molar-refractivity contribution in [2.45, 2.75) is 72.6 Å². The Balaban J connectivity index is 2.17. The second kappa shape index (κ2) is 13.6. The molecule has 0 amide bonds. The lowest BCUT2D eigenvalue weighted by atomic mass is 9.98. The molecule has 2 N–H and O–H groups in total. The number of nitrogens with two attached hydrogens (primary N) is 1. The van der Waals surface area contributed by atoms with E-state index in [-0.39, 0.29) is 24.6 Å². The number of allylic oxidation sites excluding steroid dienone is 2. The minimum absolute atomic E-state index is 0.109. The van der Waals surface area contributed by atoms with Crippen molar-refractivity contribution in [3.63, 3.8) is 0 Å². The number of hydrogen-bond acceptors (Lipinski definition) is 11. The monoisotopic (exact) mass is 565 g/mol. The number of nitrogens with zero attached hydrogens (tertiary/aromatic N) is 2. The number of hydrogen-bond donors (Lipinski definition) is 1. The van der Waals surface area contributed by atoms with Crippen LogP contribution in [-0.2, 0) is 32.6 Å². The van der Waals surface area contributed by atoms with Gasteiger partial charge in [-0.05, 0) is 47.1 Å². The fraction of sp³-hybridized carbons (Fsp3) is 0.739. The minimum Gasteiger partial charge on any atom is -0.480 e. The van der Waals surface area contributed by atoms with Crippen LogP contribution in [0.1, 0.15) is 54.4 Å². The van der Waals surface area contributed by atoms with Gasteiger partial charge in [0.1, 0.15) is 24.0 Å². The van der Waals surface area contributed by atoms with E-state index in [4.69, 9.17) is 29.0 Å². The number of methoxy groups -OCH3 is 2. The number of aliphatic imine (C=N–C) groups is 1. The van der Waals surface area contributed by atoms with Crippen LogP contribution in [0.4, 0.5) is 0 Å². The fourth-order valence-electron chi connectivity index (χ4n) is 3.61. The molecule has 2 heterocycles. The summed E-state index contributed by atoms with van der Waals surface area (Å²) in [6, 6.07) is -0.180. The van der Waals surface area contributed by atoms with Crippen molar-refractivity contribution < 1.29 is 32.6 Å². The highest BCUT2D eigenvalue weighted by Crippen LogP contribution is 2.64. The topological polar surface area (TPSA) is 122 Å². The number of unbranched alkanes of at least 4 members (excludes halogenated alkanes) is 1. The Kier molecular flexibility index (Phi) is 11.8. The Hall–Kier alpha value is -1.09. The van der Waals surface area contributed by atoms with Gasteiger partial charge in [-0.25, -0.2) is 4.57 Å². The Morgan fingerprint density at radius 3 is 2.69 bits per heavy atom. The molecule has 2 aliphatic heterocycles. The predicted octanol–water partition coefficient (Wildman–Crippen LogP) is 5.02. The van der Waals surface area contributed by atoms with Crippen LogP contribution in [0, 0.1) is 5.41 Å². The van der Waals surface area contributed by atoms with E-state index in [2.05, 4.69) is 16.8 Å². The molecule has 5 atom stereocenters. The summed E-state index contributed by atoms with van der Waals surface area (Å²) in [5.74, 6) is 0.428. The molecule has 13 heteroatoms. The van der Waals surface area contributed by atoms with Gasteiger partial charge in [-0.2, -0.15) is 4.99 Å². The van der Waals surface area contributed by atoms with E-state index < -0.39 is 24.4 Å². The highest BCUT2D eigenvalue weighted by atomic mass is 32.7. The SMILES string of the molecule is CCC/C=C(\N)N=C(OC)C1=C(C)N([C@@H](C)C2OP(=O)(SCOC(=O)C(C)(C)C)OC[C@H]2OC)CP1. The van der Waals surface area contributed by atoms with Crippen molar-refractivity contribution in [3.8, 4) is 0 Å². The quantitative estimate of drug-likeness (QED) is 0.127. The van der Waals surface area contributed by atoms with Crippen LogP contribution < -0.4 is 5.73 Å². The number of carbonyl (C=O) groups is 1. The van der Waals surface area contributed by atoms with Crippen molar-refractivity contribution in [3.05, 3.63) is 22.9 Å². The van der Waals surface area contributed by atoms with E-state index in [1.807, 2.05) is 19.9 Å². The number of rotatable bonds is 10. The molecule has 2 rings (SSSR count). The fourth-order valence-corrected chi connectivity index (χ4v) is 8.03. The van der Waals surface area contributed by atoms with Crippen LogP contribution >= 0.6 is 26.8 Å². The summed E-state index contributed by atoms with van der Waals surface area (Å²) in [5.41, 5.74) is 6.40. The normalized spacial score (nSPS) is 27.5. The summed E-state index contributed by atoms with van der Waals surface area (Å²) < 4.78 is 41.4. The first-order chi connectivity index (χ1) is 16.9. The van der Waals surface area contributed by atoms with Crippen molar-refractivity contribution in [1.29, 1.82) is 0 Å². The van der Waals surface area contributed by atoms with Crippen LogP contribution in [0.5, 0.6) is 0 Å². The van der Waals surface area contributed by atoms with Gasteiger partial charge in [-0.15, -0.1) is 0 Å². The van der Waals surface area contributed by atoms with Gasteiger partial charge in [0.25, 0.3) is 0 Å². The average Bonchev–Trinajstić information content (AvgIpc) is 3.20. The minimum atomic E-state index is -3.57. The summed E-state index contributed by atoms with van der Waals surface area (Å²) in [6.07, 6.45) is 3.52. The van der Waals surface area contributed by atoms with E-state index in [9.17, 15) is 9.36 Å². The van der Waals surface area contributed by atoms with Gasteiger partial charge in [-0.3, -0.25) is 13.8 Å². The van der Waals surface area contributed by atoms with E-state index in [1.54, 1.807) is 35.0 Å². The van der Waals surface area contributed by atoms with Gasteiger partial charge in [0, 0.05) is 30.5 Å². The smallest absolute Gasteiger partial charge is 0.392 e. The molecule has 0 radical (unpaired) electrons. The van der Waals surface area contributed by atoms with E-state index in [0.29, 0.717) is 20.3 Å². The molecule has 0 bridgehead atoms. The largest absolute Gasteiger partial charge is 0.480 e. The van der Waals surface area contributed by atoms with Crippen molar-refractivity contribution in [1.82, 2.24) is 4.90 Å². The zero-order valence-corrected chi connectivity index (χ0v) is 25.2. The summed E-state index contributed by atoms with van der Waals surface area (Å²) in [4.78, 5) is 18.7. The molecule has 0 aromatic rings. The summed E-state index contributed by atoms with van der Waals surface area (Å²) in [6.45, 7) is 7.91. The molecule has 0 spiro atoms. The molecule has 0 aliphatic carbocycles. The van der Waals surface area contributed by atoms with E-state index in [0.717, 1.165) is 41.5 Å². The van der Waals surface area contributed by atoms with Gasteiger partial charge in [0.2, 0.25) is 5.90 Å². The molecule has 206 valence electrons. The number of carbonyl (C=O) groups excluding carboxylic acids is 1. The maximum Gasteiger partial charge on any atom is 0.392 e. The van der Waals surface area contributed by atoms with E-state index >= 15 is 0 Å². The van der Waals surface area contributed by atoms with Crippen LogP contribution in [-0.4, -0.2) is 68.1 Å². The van der Waals surface area contributed by atoms with Crippen molar-refractivity contribution in [2.24, 2.45) is 16.1 Å². The maximum absolute atomic E-state index is 13.3. The lowest BCUT2D eigenvalue weighted by molar-refractivity contribution is -0.150. The first-order valence-electron chi connectivity index (χ1n) is 11.9. The highest BCUT2D eigenvalue weighted by Gasteiger charge is 2.45. The Morgan fingerprint density at radius 2 is 2.11 bits per heavy atom. The molecule has 1 fully saturated rings. The molecule has 0 aromatic carbocycles. The Labute approximate surface area is 220 Å². The first kappa shape index (κ1) is 31.1. The van der Waals surface area contributed by atoms with Crippen LogP contribution in [0.25, 0.3) is 0 Å². The average molecular weight is 566 g/mol. The van der Waals surface area contributed by atoms with Gasteiger partial charge in [-0.1, -0.05) is 21.9 Å². The summed E-state index contributed by atoms with van der Waals surface area (Å²) in [5, 5.41) is 0.991. The molecule has 10 nitrogen and oxygen atoms in total. The van der Waals surface area contributed by atoms with Crippen molar-refractivity contribution in [2.75, 3.05) is 33.1 Å². The van der Waals surface area contributed by atoms with Gasteiger partial charge >= 0.3 is 12.8 Å². The van der Waals surface area contributed by atoms with Crippen LogP contribution in [0.15, 0.2) is 27.9 Å². The van der Waals surface area contributed by atoms with E-state index in [1.165, 1.54) is 0 Å². The lowest BCUT2D eigenvalue weighted by Gasteiger charge is -2.41. The molecule has 3 unspecified atom stereocenters. The number of esters is 1. The summed E-state index contributed by atoms with van der Waals surface area (Å²) >= 11 is 0.868. The molecule has 1 saturated heterocycles.